The third-order valence-corrected chi connectivity index (χ3v) is 5.63. The topological polar surface area (TPSA) is 66.5 Å². The summed E-state index contributed by atoms with van der Waals surface area (Å²) in [5.41, 5.74) is -0.736. The highest BCUT2D eigenvalue weighted by Gasteiger charge is 2.36. The molecule has 0 unspecified atom stereocenters. The fourth-order valence-corrected chi connectivity index (χ4v) is 4.34. The van der Waals surface area contributed by atoms with Crippen LogP contribution in [0, 0.1) is 6.92 Å². The van der Waals surface area contributed by atoms with Crippen molar-refractivity contribution in [2.75, 3.05) is 15.9 Å². The largest absolute Gasteiger partial charge is 0.418 e. The molecule has 0 aromatic heterocycles. The molecule has 0 aliphatic carbocycles. The number of halogens is 4. The van der Waals surface area contributed by atoms with Gasteiger partial charge in [0.05, 0.1) is 23.2 Å². The minimum Gasteiger partial charge on any atom is -0.324 e. The lowest BCUT2D eigenvalue weighted by molar-refractivity contribution is -0.137. The smallest absolute Gasteiger partial charge is 0.324 e. The van der Waals surface area contributed by atoms with Gasteiger partial charge in [-0.05, 0) is 43.2 Å². The van der Waals surface area contributed by atoms with Crippen molar-refractivity contribution in [3.8, 4) is 0 Å². The van der Waals surface area contributed by atoms with E-state index in [0.717, 1.165) is 22.7 Å². The number of carbonyl (C=O) groups is 1. The van der Waals surface area contributed by atoms with Gasteiger partial charge in [-0.15, -0.1) is 0 Å². The molecule has 1 N–H and O–H groups in total. The number of anilines is 2. The third-order valence-electron chi connectivity index (χ3n) is 4.23. The first kappa shape index (κ1) is 23.0. The minimum atomic E-state index is -4.67. The number of nitrogens with zero attached hydrogens (tertiary/aromatic N) is 1. The van der Waals surface area contributed by atoms with E-state index in [9.17, 15) is 26.4 Å². The quantitative estimate of drug-likeness (QED) is 0.687. The Morgan fingerprint density at radius 1 is 1.21 bits per heavy atom. The fourth-order valence-electron chi connectivity index (χ4n) is 2.91. The molecule has 0 radical (unpaired) electrons. The zero-order chi connectivity index (χ0) is 22.0. The number of para-hydroxylation sites is 1. The predicted octanol–water partition coefficient (Wildman–Crippen LogP) is 4.85. The van der Waals surface area contributed by atoms with Crippen LogP contribution in [-0.2, 0) is 21.0 Å². The molecule has 0 fully saturated rings. The number of hydrogen-bond donors (Lipinski definition) is 1. The van der Waals surface area contributed by atoms with E-state index in [1.165, 1.54) is 18.2 Å². The van der Waals surface area contributed by atoms with Crippen molar-refractivity contribution in [1.29, 1.82) is 0 Å². The lowest BCUT2D eigenvalue weighted by Crippen LogP contribution is -2.47. The number of benzene rings is 2. The van der Waals surface area contributed by atoms with Gasteiger partial charge in [-0.1, -0.05) is 36.7 Å². The molecule has 1 amide bonds. The maximum Gasteiger partial charge on any atom is 0.418 e. The molecule has 0 aliphatic rings. The molecule has 0 aliphatic heterocycles. The zero-order valence-corrected chi connectivity index (χ0v) is 17.5. The highest BCUT2D eigenvalue weighted by Crippen LogP contribution is 2.35. The van der Waals surface area contributed by atoms with Gasteiger partial charge in [0.15, 0.2) is 0 Å². The Morgan fingerprint density at radius 2 is 1.83 bits per heavy atom. The molecule has 1 atom stereocenters. The van der Waals surface area contributed by atoms with Gasteiger partial charge in [0.25, 0.3) is 0 Å². The molecule has 2 aromatic carbocycles. The number of hydrogen-bond acceptors (Lipinski definition) is 3. The van der Waals surface area contributed by atoms with E-state index in [2.05, 4.69) is 5.32 Å². The van der Waals surface area contributed by atoms with Gasteiger partial charge in [0, 0.05) is 5.02 Å². The van der Waals surface area contributed by atoms with E-state index in [4.69, 9.17) is 11.6 Å². The second-order valence-corrected chi connectivity index (χ2v) is 8.74. The van der Waals surface area contributed by atoms with Crippen molar-refractivity contribution >= 4 is 38.9 Å². The van der Waals surface area contributed by atoms with E-state index < -0.39 is 39.4 Å². The Labute approximate surface area is 172 Å². The first-order chi connectivity index (χ1) is 13.4. The summed E-state index contributed by atoms with van der Waals surface area (Å²) in [4.78, 5) is 12.9. The molecule has 5 nitrogen and oxygen atoms in total. The Kier molecular flexibility index (Phi) is 6.85. The fraction of sp³-hybridized carbons (Fsp3) is 0.316. The van der Waals surface area contributed by atoms with Crippen LogP contribution in [0.2, 0.25) is 5.02 Å². The van der Waals surface area contributed by atoms with Gasteiger partial charge in [0.2, 0.25) is 15.9 Å². The van der Waals surface area contributed by atoms with E-state index in [0.29, 0.717) is 5.56 Å². The van der Waals surface area contributed by atoms with E-state index in [1.54, 1.807) is 26.0 Å². The zero-order valence-electron chi connectivity index (χ0n) is 15.9. The number of amides is 1. The number of carbonyl (C=O) groups excluding carboxylic acids is 1. The molecule has 29 heavy (non-hydrogen) atoms. The van der Waals surface area contributed by atoms with Gasteiger partial charge in [-0.3, -0.25) is 9.10 Å². The first-order valence-corrected chi connectivity index (χ1v) is 10.8. The van der Waals surface area contributed by atoms with Crippen molar-refractivity contribution in [3.05, 3.63) is 58.6 Å². The molecule has 2 aromatic rings. The van der Waals surface area contributed by atoms with Gasteiger partial charge >= 0.3 is 6.18 Å². The Hall–Kier alpha value is -2.26. The summed E-state index contributed by atoms with van der Waals surface area (Å²) in [5, 5.41) is 2.49. The summed E-state index contributed by atoms with van der Waals surface area (Å²) in [6.45, 7) is 3.21. The van der Waals surface area contributed by atoms with Crippen molar-refractivity contribution in [2.45, 2.75) is 32.5 Å². The van der Waals surface area contributed by atoms with Crippen LogP contribution >= 0.6 is 11.6 Å². The lowest BCUT2D eigenvalue weighted by Gasteiger charge is -2.31. The molecular weight excluding hydrogens is 429 g/mol. The molecule has 0 spiro atoms. The Bertz CT molecular complexity index is 1010. The summed E-state index contributed by atoms with van der Waals surface area (Å²) in [6, 6.07) is 7.80. The third kappa shape index (κ3) is 5.42. The highest BCUT2D eigenvalue weighted by atomic mass is 35.5. The summed E-state index contributed by atoms with van der Waals surface area (Å²) in [5.74, 6) is -0.881. The molecule has 10 heteroatoms. The van der Waals surface area contributed by atoms with Gasteiger partial charge in [-0.25, -0.2) is 8.42 Å². The van der Waals surface area contributed by atoms with E-state index >= 15 is 0 Å². The maximum absolute atomic E-state index is 13.2. The average molecular weight is 449 g/mol. The van der Waals surface area contributed by atoms with Gasteiger partial charge in [0.1, 0.15) is 6.04 Å². The molecule has 0 saturated heterocycles. The Balaban J connectivity index is 2.50. The van der Waals surface area contributed by atoms with E-state index in [-0.39, 0.29) is 17.1 Å². The van der Waals surface area contributed by atoms with Crippen LogP contribution in [0.1, 0.15) is 24.5 Å². The summed E-state index contributed by atoms with van der Waals surface area (Å²) in [6.07, 6.45) is -3.72. The van der Waals surface area contributed by atoms with Crippen LogP contribution in [0.3, 0.4) is 0 Å². The van der Waals surface area contributed by atoms with Gasteiger partial charge < -0.3 is 5.32 Å². The number of aryl methyl sites for hydroxylation is 1. The van der Waals surface area contributed by atoms with Crippen LogP contribution in [0.5, 0.6) is 0 Å². The summed E-state index contributed by atoms with van der Waals surface area (Å²) in [7, 11) is -3.95. The number of nitrogens with one attached hydrogen (secondary N) is 1. The lowest BCUT2D eigenvalue weighted by atomic mass is 10.1. The molecular formula is C19H20ClF3N2O3S. The average Bonchev–Trinajstić information content (AvgIpc) is 2.60. The van der Waals surface area contributed by atoms with Crippen LogP contribution in [-0.4, -0.2) is 26.6 Å². The van der Waals surface area contributed by atoms with Crippen molar-refractivity contribution in [3.63, 3.8) is 0 Å². The van der Waals surface area contributed by atoms with Crippen molar-refractivity contribution in [2.24, 2.45) is 0 Å². The summed E-state index contributed by atoms with van der Waals surface area (Å²) >= 11 is 5.99. The summed E-state index contributed by atoms with van der Waals surface area (Å²) < 4.78 is 65.6. The minimum absolute atomic E-state index is 0.0268. The number of alkyl halides is 3. The van der Waals surface area contributed by atoms with Crippen molar-refractivity contribution < 1.29 is 26.4 Å². The van der Waals surface area contributed by atoms with Crippen molar-refractivity contribution in [1.82, 2.24) is 0 Å². The Morgan fingerprint density at radius 3 is 2.38 bits per heavy atom. The molecule has 0 heterocycles. The molecule has 2 rings (SSSR count). The van der Waals surface area contributed by atoms with Gasteiger partial charge in [-0.2, -0.15) is 13.2 Å². The van der Waals surface area contributed by atoms with Crippen LogP contribution in [0.15, 0.2) is 42.5 Å². The predicted molar refractivity (Wildman–Crippen MR) is 108 cm³/mol. The van der Waals surface area contributed by atoms with Crippen LogP contribution in [0.25, 0.3) is 0 Å². The van der Waals surface area contributed by atoms with Crippen LogP contribution in [0.4, 0.5) is 24.5 Å². The normalized spacial score (nSPS) is 13.1. The second-order valence-electron chi connectivity index (χ2n) is 6.45. The highest BCUT2D eigenvalue weighted by molar-refractivity contribution is 7.92. The monoisotopic (exact) mass is 448 g/mol. The molecule has 0 saturated carbocycles. The van der Waals surface area contributed by atoms with E-state index in [1.807, 2.05) is 0 Å². The first-order valence-electron chi connectivity index (χ1n) is 8.59. The number of rotatable bonds is 6. The number of sulfonamides is 1. The molecule has 0 bridgehead atoms. The van der Waals surface area contributed by atoms with Crippen LogP contribution < -0.4 is 9.62 Å². The maximum atomic E-state index is 13.2. The molecule has 158 valence electrons. The standard InChI is InChI=1S/C19H20ClF3N2O3S/c1-4-16(18(26)24-15-8-6-5-7-14(15)19(21,22)23)25(29(3,27)28)17-11-13(20)10-9-12(17)2/h5-11,16H,4H2,1-3H3,(H,24,26)/t16-/m1/s1. The second kappa shape index (κ2) is 8.62. The SMILES string of the molecule is CC[C@H](C(=O)Nc1ccccc1C(F)(F)F)N(c1cc(Cl)ccc1C)S(C)(=O)=O.